The van der Waals surface area contributed by atoms with Crippen LogP contribution in [0.15, 0.2) is 48.5 Å². The summed E-state index contributed by atoms with van der Waals surface area (Å²) in [5.41, 5.74) is 2.51. The van der Waals surface area contributed by atoms with Gasteiger partial charge in [0.15, 0.2) is 0 Å². The molecule has 3 heteroatoms. The number of aryl methyl sites for hydroxylation is 1. The number of para-hydroxylation sites is 1. The minimum atomic E-state index is 0.700. The standard InChI is InChI=1S/C18H21NO2/c1-15-6-8-17(9-7-15)20-12-10-19-11-13-21-18-5-3-2-4-16(18)14-19/h2-9H,10-14H2,1H3. The summed E-state index contributed by atoms with van der Waals surface area (Å²) >= 11 is 0. The van der Waals surface area contributed by atoms with Crippen LogP contribution in [0, 0.1) is 6.92 Å². The quantitative estimate of drug-likeness (QED) is 0.859. The number of benzene rings is 2. The SMILES string of the molecule is Cc1ccc(OCCN2CCOc3ccccc3C2)cc1. The molecule has 0 radical (unpaired) electrons. The highest BCUT2D eigenvalue weighted by Gasteiger charge is 2.14. The van der Waals surface area contributed by atoms with Crippen LogP contribution in [-0.4, -0.2) is 31.2 Å². The Bertz CT molecular complexity index is 580. The third-order valence-electron chi connectivity index (χ3n) is 3.73. The molecule has 110 valence electrons. The fourth-order valence-electron chi connectivity index (χ4n) is 2.50. The van der Waals surface area contributed by atoms with Crippen LogP contribution in [0.4, 0.5) is 0 Å². The molecular weight excluding hydrogens is 262 g/mol. The fourth-order valence-corrected chi connectivity index (χ4v) is 2.50. The van der Waals surface area contributed by atoms with Crippen LogP contribution in [-0.2, 0) is 6.54 Å². The largest absolute Gasteiger partial charge is 0.492 e. The minimum absolute atomic E-state index is 0.700. The van der Waals surface area contributed by atoms with E-state index in [2.05, 4.69) is 36.1 Å². The predicted octanol–water partition coefficient (Wildman–Crippen LogP) is 3.27. The van der Waals surface area contributed by atoms with Gasteiger partial charge in [-0.2, -0.15) is 0 Å². The Morgan fingerprint density at radius 3 is 2.76 bits per heavy atom. The van der Waals surface area contributed by atoms with Gasteiger partial charge in [0.25, 0.3) is 0 Å². The molecule has 3 nitrogen and oxygen atoms in total. The van der Waals surface area contributed by atoms with Gasteiger partial charge in [-0.25, -0.2) is 0 Å². The molecule has 0 bridgehead atoms. The van der Waals surface area contributed by atoms with Crippen molar-refractivity contribution in [2.45, 2.75) is 13.5 Å². The molecule has 0 saturated carbocycles. The summed E-state index contributed by atoms with van der Waals surface area (Å²) in [6.07, 6.45) is 0. The smallest absolute Gasteiger partial charge is 0.123 e. The van der Waals surface area contributed by atoms with Crippen molar-refractivity contribution in [3.05, 3.63) is 59.7 Å². The summed E-state index contributed by atoms with van der Waals surface area (Å²) in [5, 5.41) is 0. The lowest BCUT2D eigenvalue weighted by Gasteiger charge is -2.19. The first-order valence-corrected chi connectivity index (χ1v) is 7.44. The van der Waals surface area contributed by atoms with Crippen molar-refractivity contribution in [3.8, 4) is 11.5 Å². The highest BCUT2D eigenvalue weighted by Crippen LogP contribution is 2.22. The molecule has 1 aliphatic rings. The highest BCUT2D eigenvalue weighted by molar-refractivity contribution is 5.33. The molecule has 3 rings (SSSR count). The van der Waals surface area contributed by atoms with Crippen LogP contribution in [0.3, 0.4) is 0 Å². The van der Waals surface area contributed by atoms with Crippen molar-refractivity contribution in [3.63, 3.8) is 0 Å². The molecule has 0 N–H and O–H groups in total. The van der Waals surface area contributed by atoms with E-state index in [-0.39, 0.29) is 0 Å². The monoisotopic (exact) mass is 283 g/mol. The molecule has 1 aliphatic heterocycles. The van der Waals surface area contributed by atoms with E-state index in [9.17, 15) is 0 Å². The summed E-state index contributed by atoms with van der Waals surface area (Å²) in [5.74, 6) is 1.95. The van der Waals surface area contributed by atoms with Crippen LogP contribution in [0.1, 0.15) is 11.1 Å². The molecule has 0 unspecified atom stereocenters. The van der Waals surface area contributed by atoms with Crippen molar-refractivity contribution < 1.29 is 9.47 Å². The number of nitrogens with zero attached hydrogens (tertiary/aromatic N) is 1. The van der Waals surface area contributed by atoms with E-state index in [0.29, 0.717) is 6.61 Å². The van der Waals surface area contributed by atoms with E-state index < -0.39 is 0 Å². The maximum Gasteiger partial charge on any atom is 0.123 e. The van der Waals surface area contributed by atoms with Crippen LogP contribution >= 0.6 is 0 Å². The number of fused-ring (bicyclic) bond motifs is 1. The van der Waals surface area contributed by atoms with E-state index in [4.69, 9.17) is 9.47 Å². The average Bonchev–Trinajstić information content (AvgIpc) is 2.71. The van der Waals surface area contributed by atoms with Gasteiger partial charge in [-0.05, 0) is 25.1 Å². The Hall–Kier alpha value is -2.00. The Kier molecular flexibility index (Phi) is 4.41. The zero-order valence-electron chi connectivity index (χ0n) is 12.4. The molecule has 0 saturated heterocycles. The zero-order valence-corrected chi connectivity index (χ0v) is 12.4. The predicted molar refractivity (Wildman–Crippen MR) is 83.9 cm³/mol. The highest BCUT2D eigenvalue weighted by atomic mass is 16.5. The van der Waals surface area contributed by atoms with Crippen molar-refractivity contribution in [1.82, 2.24) is 4.90 Å². The summed E-state index contributed by atoms with van der Waals surface area (Å²) in [6, 6.07) is 16.5. The molecule has 0 spiro atoms. The lowest BCUT2D eigenvalue weighted by Crippen LogP contribution is -2.30. The van der Waals surface area contributed by atoms with Gasteiger partial charge in [0, 0.05) is 25.2 Å². The van der Waals surface area contributed by atoms with E-state index in [1.807, 2.05) is 24.3 Å². The van der Waals surface area contributed by atoms with Crippen LogP contribution < -0.4 is 9.47 Å². The van der Waals surface area contributed by atoms with E-state index in [1.54, 1.807) is 0 Å². The third-order valence-corrected chi connectivity index (χ3v) is 3.73. The fraction of sp³-hybridized carbons (Fsp3) is 0.333. The van der Waals surface area contributed by atoms with Gasteiger partial charge >= 0.3 is 0 Å². The molecule has 21 heavy (non-hydrogen) atoms. The second kappa shape index (κ2) is 6.64. The second-order valence-corrected chi connectivity index (χ2v) is 5.39. The molecule has 1 heterocycles. The summed E-state index contributed by atoms with van der Waals surface area (Å²) in [7, 11) is 0. The van der Waals surface area contributed by atoms with Crippen molar-refractivity contribution in [2.24, 2.45) is 0 Å². The Balaban J connectivity index is 1.53. The second-order valence-electron chi connectivity index (χ2n) is 5.39. The molecule has 2 aromatic rings. The van der Waals surface area contributed by atoms with E-state index in [0.717, 1.165) is 37.7 Å². The lowest BCUT2D eigenvalue weighted by molar-refractivity contribution is 0.186. The first-order valence-electron chi connectivity index (χ1n) is 7.44. The number of hydrogen-bond acceptors (Lipinski definition) is 3. The number of ether oxygens (including phenoxy) is 2. The molecule has 0 aromatic heterocycles. The Labute approximate surface area is 126 Å². The Morgan fingerprint density at radius 2 is 1.90 bits per heavy atom. The van der Waals surface area contributed by atoms with Gasteiger partial charge in [-0.3, -0.25) is 4.90 Å². The van der Waals surface area contributed by atoms with Crippen LogP contribution in [0.2, 0.25) is 0 Å². The van der Waals surface area contributed by atoms with Crippen molar-refractivity contribution in [1.29, 1.82) is 0 Å². The van der Waals surface area contributed by atoms with Crippen molar-refractivity contribution >= 4 is 0 Å². The number of rotatable bonds is 4. The summed E-state index contributed by atoms with van der Waals surface area (Å²) in [4.78, 5) is 2.38. The summed E-state index contributed by atoms with van der Waals surface area (Å²) < 4.78 is 11.6. The molecule has 2 aromatic carbocycles. The zero-order chi connectivity index (χ0) is 14.5. The maximum absolute atomic E-state index is 5.81. The average molecular weight is 283 g/mol. The third kappa shape index (κ3) is 3.76. The van der Waals surface area contributed by atoms with Gasteiger partial charge in [0.1, 0.15) is 24.7 Å². The minimum Gasteiger partial charge on any atom is -0.492 e. The van der Waals surface area contributed by atoms with E-state index in [1.165, 1.54) is 11.1 Å². The van der Waals surface area contributed by atoms with Crippen molar-refractivity contribution in [2.75, 3.05) is 26.3 Å². The van der Waals surface area contributed by atoms with Gasteiger partial charge < -0.3 is 9.47 Å². The lowest BCUT2D eigenvalue weighted by atomic mass is 10.2. The first-order chi connectivity index (χ1) is 10.3. The topological polar surface area (TPSA) is 21.7 Å². The molecule has 0 aliphatic carbocycles. The van der Waals surface area contributed by atoms with Gasteiger partial charge in [-0.15, -0.1) is 0 Å². The summed E-state index contributed by atoms with van der Waals surface area (Å²) in [6.45, 7) is 6.29. The van der Waals surface area contributed by atoms with Crippen LogP contribution in [0.5, 0.6) is 11.5 Å². The van der Waals surface area contributed by atoms with Gasteiger partial charge in [0.05, 0.1) is 0 Å². The number of hydrogen-bond donors (Lipinski definition) is 0. The molecule has 0 amide bonds. The van der Waals surface area contributed by atoms with Gasteiger partial charge in [-0.1, -0.05) is 35.9 Å². The molecule has 0 atom stereocenters. The van der Waals surface area contributed by atoms with Crippen LogP contribution in [0.25, 0.3) is 0 Å². The van der Waals surface area contributed by atoms with Gasteiger partial charge in [0.2, 0.25) is 0 Å². The first kappa shape index (κ1) is 14.0. The normalized spacial score (nSPS) is 14.9. The molecular formula is C18H21NO2. The Morgan fingerprint density at radius 1 is 1.10 bits per heavy atom. The van der Waals surface area contributed by atoms with E-state index >= 15 is 0 Å². The maximum atomic E-state index is 5.81. The molecule has 0 fully saturated rings.